The van der Waals surface area contributed by atoms with E-state index in [2.05, 4.69) is 43.1 Å². The quantitative estimate of drug-likeness (QED) is 0.808. The predicted octanol–water partition coefficient (Wildman–Crippen LogP) is 3.96. The minimum absolute atomic E-state index is 0.648. The summed E-state index contributed by atoms with van der Waals surface area (Å²) in [7, 11) is 1.63. The van der Waals surface area contributed by atoms with Gasteiger partial charge < -0.3 is 4.74 Å². The Balaban J connectivity index is 2.17. The fourth-order valence-electron chi connectivity index (χ4n) is 1.98. The maximum atomic E-state index is 5.06. The van der Waals surface area contributed by atoms with Gasteiger partial charge in [-0.1, -0.05) is 38.1 Å². The third kappa shape index (κ3) is 3.10. The molecule has 94 valence electrons. The molecule has 2 heteroatoms. The number of rotatable bonds is 4. The smallest absolute Gasteiger partial charge is 0.212 e. The van der Waals surface area contributed by atoms with Crippen molar-refractivity contribution in [3.8, 4) is 17.0 Å². The van der Waals surface area contributed by atoms with Gasteiger partial charge >= 0.3 is 0 Å². The fraction of sp³-hybridized carbons (Fsp3) is 0.312. The Hall–Kier alpha value is -1.83. The highest BCUT2D eigenvalue weighted by atomic mass is 16.5. The van der Waals surface area contributed by atoms with E-state index >= 15 is 0 Å². The highest BCUT2D eigenvalue weighted by Crippen LogP contribution is 2.21. The van der Waals surface area contributed by atoms with E-state index in [1.807, 2.05) is 18.3 Å². The van der Waals surface area contributed by atoms with Gasteiger partial charge in [0.05, 0.1) is 7.11 Å². The molecule has 18 heavy (non-hydrogen) atoms. The van der Waals surface area contributed by atoms with Gasteiger partial charge in [0.2, 0.25) is 5.88 Å². The lowest BCUT2D eigenvalue weighted by molar-refractivity contribution is 0.398. The van der Waals surface area contributed by atoms with Crippen LogP contribution in [0.25, 0.3) is 11.1 Å². The average Bonchev–Trinajstić information content (AvgIpc) is 2.39. The van der Waals surface area contributed by atoms with Crippen LogP contribution in [0.1, 0.15) is 19.4 Å². The zero-order chi connectivity index (χ0) is 13.0. The normalized spacial score (nSPS) is 10.7. The van der Waals surface area contributed by atoms with Crippen LogP contribution in [0.15, 0.2) is 42.6 Å². The molecule has 0 aliphatic rings. The number of hydrogen-bond donors (Lipinski definition) is 0. The molecule has 0 aliphatic carbocycles. The molecule has 0 atom stereocenters. The van der Waals surface area contributed by atoms with Crippen LogP contribution in [-0.4, -0.2) is 12.1 Å². The molecule has 0 radical (unpaired) electrons. The molecule has 2 rings (SSSR count). The highest BCUT2D eigenvalue weighted by Gasteiger charge is 2.01. The topological polar surface area (TPSA) is 22.1 Å². The zero-order valence-corrected chi connectivity index (χ0v) is 11.2. The second-order valence-corrected chi connectivity index (χ2v) is 4.88. The number of aromatic nitrogens is 1. The van der Waals surface area contributed by atoms with Crippen molar-refractivity contribution in [3.05, 3.63) is 48.2 Å². The van der Waals surface area contributed by atoms with Crippen molar-refractivity contribution in [2.24, 2.45) is 5.92 Å². The second kappa shape index (κ2) is 5.67. The second-order valence-electron chi connectivity index (χ2n) is 4.88. The minimum atomic E-state index is 0.648. The molecule has 0 saturated heterocycles. The summed E-state index contributed by atoms with van der Waals surface area (Å²) in [6.45, 7) is 4.47. The molecule has 0 N–H and O–H groups in total. The Morgan fingerprint density at radius 1 is 1.00 bits per heavy atom. The molecule has 1 aromatic carbocycles. The average molecular weight is 241 g/mol. The van der Waals surface area contributed by atoms with E-state index in [-0.39, 0.29) is 0 Å². The molecular formula is C16H19NO. The van der Waals surface area contributed by atoms with Gasteiger partial charge in [0.25, 0.3) is 0 Å². The minimum Gasteiger partial charge on any atom is -0.481 e. The maximum absolute atomic E-state index is 5.06. The Labute approximate surface area is 109 Å². The molecule has 0 amide bonds. The van der Waals surface area contributed by atoms with E-state index < -0.39 is 0 Å². The van der Waals surface area contributed by atoms with E-state index in [1.54, 1.807) is 7.11 Å². The highest BCUT2D eigenvalue weighted by molar-refractivity contribution is 5.62. The van der Waals surface area contributed by atoms with Gasteiger partial charge in [0.1, 0.15) is 0 Å². The van der Waals surface area contributed by atoms with Gasteiger partial charge in [0, 0.05) is 17.8 Å². The van der Waals surface area contributed by atoms with Crippen LogP contribution in [0.4, 0.5) is 0 Å². The van der Waals surface area contributed by atoms with Gasteiger partial charge in [0.15, 0.2) is 0 Å². The van der Waals surface area contributed by atoms with Gasteiger partial charge in [-0.25, -0.2) is 4.98 Å². The maximum Gasteiger partial charge on any atom is 0.212 e. The fourth-order valence-corrected chi connectivity index (χ4v) is 1.98. The van der Waals surface area contributed by atoms with Gasteiger partial charge in [-0.3, -0.25) is 0 Å². The first kappa shape index (κ1) is 12.6. The van der Waals surface area contributed by atoms with Crippen molar-refractivity contribution in [2.75, 3.05) is 7.11 Å². The van der Waals surface area contributed by atoms with E-state index in [9.17, 15) is 0 Å². The van der Waals surface area contributed by atoms with E-state index in [0.717, 1.165) is 12.0 Å². The lowest BCUT2D eigenvalue weighted by Crippen LogP contribution is -1.93. The molecule has 1 heterocycles. The van der Waals surface area contributed by atoms with E-state index in [1.165, 1.54) is 11.1 Å². The number of benzene rings is 1. The van der Waals surface area contributed by atoms with Crippen molar-refractivity contribution in [2.45, 2.75) is 20.3 Å². The molecule has 0 fully saturated rings. The summed E-state index contributed by atoms with van der Waals surface area (Å²) in [5.74, 6) is 1.34. The van der Waals surface area contributed by atoms with Gasteiger partial charge in [-0.05, 0) is 29.5 Å². The number of methoxy groups -OCH3 is 1. The number of hydrogen-bond acceptors (Lipinski definition) is 2. The predicted molar refractivity (Wildman–Crippen MR) is 74.8 cm³/mol. The zero-order valence-electron chi connectivity index (χ0n) is 11.2. The molecule has 0 bridgehead atoms. The Kier molecular flexibility index (Phi) is 3.98. The van der Waals surface area contributed by atoms with Crippen LogP contribution in [0, 0.1) is 5.92 Å². The Morgan fingerprint density at radius 3 is 2.17 bits per heavy atom. The first-order chi connectivity index (χ1) is 8.69. The van der Waals surface area contributed by atoms with Crippen LogP contribution >= 0.6 is 0 Å². The van der Waals surface area contributed by atoms with Gasteiger partial charge in [-0.2, -0.15) is 0 Å². The largest absolute Gasteiger partial charge is 0.481 e. The Bertz CT molecular complexity index is 486. The summed E-state index contributed by atoms with van der Waals surface area (Å²) in [5, 5.41) is 0. The van der Waals surface area contributed by atoms with Gasteiger partial charge in [-0.15, -0.1) is 0 Å². The van der Waals surface area contributed by atoms with Crippen LogP contribution < -0.4 is 4.74 Å². The lowest BCUT2D eigenvalue weighted by Gasteiger charge is -2.07. The number of nitrogens with zero attached hydrogens (tertiary/aromatic N) is 1. The third-order valence-corrected chi connectivity index (χ3v) is 2.88. The van der Waals surface area contributed by atoms with Crippen LogP contribution in [0.3, 0.4) is 0 Å². The summed E-state index contributed by atoms with van der Waals surface area (Å²) in [6.07, 6.45) is 2.97. The van der Waals surface area contributed by atoms with Crippen molar-refractivity contribution in [3.63, 3.8) is 0 Å². The van der Waals surface area contributed by atoms with Crippen LogP contribution in [-0.2, 0) is 6.42 Å². The Morgan fingerprint density at radius 2 is 1.67 bits per heavy atom. The van der Waals surface area contributed by atoms with Crippen LogP contribution in [0.5, 0.6) is 5.88 Å². The summed E-state index contributed by atoms with van der Waals surface area (Å²) in [4.78, 5) is 4.22. The lowest BCUT2D eigenvalue weighted by atomic mass is 10.00. The molecule has 0 saturated carbocycles. The SMILES string of the molecule is COc1ccc(-c2ccc(CC(C)C)cc2)cn1. The summed E-state index contributed by atoms with van der Waals surface area (Å²) in [5.41, 5.74) is 3.69. The monoisotopic (exact) mass is 241 g/mol. The van der Waals surface area contributed by atoms with Crippen molar-refractivity contribution >= 4 is 0 Å². The molecule has 1 aromatic heterocycles. The first-order valence-corrected chi connectivity index (χ1v) is 6.28. The summed E-state index contributed by atoms with van der Waals surface area (Å²) in [6, 6.07) is 12.6. The number of ether oxygens (including phenoxy) is 1. The number of pyridine rings is 1. The summed E-state index contributed by atoms with van der Waals surface area (Å²) >= 11 is 0. The van der Waals surface area contributed by atoms with Crippen molar-refractivity contribution in [1.29, 1.82) is 0 Å². The molecule has 0 aliphatic heterocycles. The molecular weight excluding hydrogens is 222 g/mol. The van der Waals surface area contributed by atoms with E-state index in [0.29, 0.717) is 11.8 Å². The van der Waals surface area contributed by atoms with Crippen molar-refractivity contribution < 1.29 is 4.74 Å². The molecule has 2 aromatic rings. The van der Waals surface area contributed by atoms with Crippen molar-refractivity contribution in [1.82, 2.24) is 4.98 Å². The van der Waals surface area contributed by atoms with E-state index in [4.69, 9.17) is 4.74 Å². The molecule has 2 nitrogen and oxygen atoms in total. The summed E-state index contributed by atoms with van der Waals surface area (Å²) < 4.78 is 5.06. The molecule has 0 unspecified atom stereocenters. The standard InChI is InChI=1S/C16H19NO/c1-12(2)10-13-4-6-14(7-5-13)15-8-9-16(18-3)17-11-15/h4-9,11-12H,10H2,1-3H3. The van der Waals surface area contributed by atoms with Crippen LogP contribution in [0.2, 0.25) is 0 Å². The molecule has 0 spiro atoms. The first-order valence-electron chi connectivity index (χ1n) is 6.28. The third-order valence-electron chi connectivity index (χ3n) is 2.88.